The zero-order valence-electron chi connectivity index (χ0n) is 8.57. The summed E-state index contributed by atoms with van der Waals surface area (Å²) in [6, 6.07) is 6.87. The third kappa shape index (κ3) is 2.92. The monoisotopic (exact) mass is 269 g/mol. The number of imide groups is 1. The summed E-state index contributed by atoms with van der Waals surface area (Å²) in [5.41, 5.74) is 0.802. The molecule has 0 spiro atoms. The van der Waals surface area contributed by atoms with Crippen molar-refractivity contribution in [3.05, 3.63) is 24.3 Å². The number of carbonyl (C=O) groups excluding carboxylic acids is 2. The van der Waals surface area contributed by atoms with Crippen LogP contribution < -0.4 is 10.6 Å². The van der Waals surface area contributed by atoms with Gasteiger partial charge in [-0.05, 0) is 12.1 Å². The van der Waals surface area contributed by atoms with Crippen LogP contribution in [0.5, 0.6) is 0 Å². The summed E-state index contributed by atoms with van der Waals surface area (Å²) in [6.45, 7) is 0. The van der Waals surface area contributed by atoms with Crippen LogP contribution >= 0.6 is 22.9 Å². The first-order valence-electron chi connectivity index (χ1n) is 4.71. The van der Waals surface area contributed by atoms with Gasteiger partial charge in [-0.2, -0.15) is 0 Å². The number of nitrogens with zero attached hydrogens (tertiary/aromatic N) is 1. The SMILES string of the molecule is O=C(CCl)NC(=O)Nc1nc2ccccc2s1. The third-order valence-corrected chi connectivity index (χ3v) is 3.08. The number of amides is 3. The normalized spacial score (nSPS) is 10.2. The number of alkyl halides is 1. The number of thiazole rings is 1. The van der Waals surface area contributed by atoms with E-state index in [1.807, 2.05) is 24.3 Å². The maximum atomic E-state index is 11.3. The summed E-state index contributed by atoms with van der Waals surface area (Å²) in [5.74, 6) is -0.807. The molecule has 2 rings (SSSR count). The minimum absolute atomic E-state index is 0.257. The Morgan fingerprint density at radius 3 is 2.82 bits per heavy atom. The number of anilines is 1. The lowest BCUT2D eigenvalue weighted by Gasteiger charge is -2.00. The number of nitrogens with one attached hydrogen (secondary N) is 2. The van der Waals surface area contributed by atoms with Gasteiger partial charge in [0, 0.05) is 0 Å². The van der Waals surface area contributed by atoms with Gasteiger partial charge in [-0.1, -0.05) is 23.5 Å². The first-order chi connectivity index (χ1) is 8.19. The van der Waals surface area contributed by atoms with Crippen LogP contribution in [0.4, 0.5) is 9.93 Å². The number of rotatable bonds is 2. The van der Waals surface area contributed by atoms with E-state index >= 15 is 0 Å². The van der Waals surface area contributed by atoms with E-state index in [9.17, 15) is 9.59 Å². The summed E-state index contributed by atoms with van der Waals surface area (Å²) in [7, 11) is 0. The van der Waals surface area contributed by atoms with Crippen LogP contribution in [0.15, 0.2) is 24.3 Å². The molecule has 5 nitrogen and oxygen atoms in total. The van der Waals surface area contributed by atoms with E-state index in [0.29, 0.717) is 5.13 Å². The maximum absolute atomic E-state index is 11.3. The Morgan fingerprint density at radius 2 is 2.12 bits per heavy atom. The number of benzene rings is 1. The van der Waals surface area contributed by atoms with Crippen molar-refractivity contribution in [3.8, 4) is 0 Å². The minimum atomic E-state index is -0.630. The molecule has 7 heteroatoms. The zero-order valence-corrected chi connectivity index (χ0v) is 10.1. The standard InChI is InChI=1S/C10H8ClN3O2S/c11-5-8(15)13-9(16)14-10-12-6-3-1-2-4-7(6)17-10/h1-4H,5H2,(H2,12,13,14,15,16). The van der Waals surface area contributed by atoms with Gasteiger partial charge in [0.15, 0.2) is 5.13 Å². The van der Waals surface area contributed by atoms with Gasteiger partial charge in [-0.15, -0.1) is 11.6 Å². The molecule has 0 fully saturated rings. The number of para-hydroxylation sites is 1. The zero-order chi connectivity index (χ0) is 12.3. The van der Waals surface area contributed by atoms with Crippen molar-refractivity contribution in [2.45, 2.75) is 0 Å². The molecule has 88 valence electrons. The Bertz CT molecular complexity index is 536. The summed E-state index contributed by atoms with van der Waals surface area (Å²) in [4.78, 5) is 26.4. The first kappa shape index (κ1) is 11.8. The van der Waals surface area contributed by atoms with Crippen molar-refractivity contribution in [2.24, 2.45) is 0 Å². The second kappa shape index (κ2) is 5.11. The molecule has 1 aromatic heterocycles. The van der Waals surface area contributed by atoms with Crippen LogP contribution in [0.2, 0.25) is 0 Å². The second-order valence-electron chi connectivity index (χ2n) is 3.12. The van der Waals surface area contributed by atoms with Crippen molar-refractivity contribution in [2.75, 3.05) is 11.2 Å². The lowest BCUT2D eigenvalue weighted by atomic mass is 10.3. The van der Waals surface area contributed by atoms with Crippen LogP contribution in [0, 0.1) is 0 Å². The molecule has 0 bridgehead atoms. The molecule has 0 unspecified atom stereocenters. The van der Waals surface area contributed by atoms with E-state index in [2.05, 4.69) is 15.6 Å². The van der Waals surface area contributed by atoms with Gasteiger partial charge in [0.1, 0.15) is 5.88 Å². The van der Waals surface area contributed by atoms with E-state index in [1.54, 1.807) is 0 Å². The van der Waals surface area contributed by atoms with Crippen LogP contribution in [-0.2, 0) is 4.79 Å². The Kier molecular flexibility index (Phi) is 3.55. The van der Waals surface area contributed by atoms with Crippen molar-refractivity contribution >= 4 is 50.2 Å². The first-order valence-corrected chi connectivity index (χ1v) is 6.06. The average molecular weight is 270 g/mol. The van der Waals surface area contributed by atoms with E-state index in [-0.39, 0.29) is 5.88 Å². The van der Waals surface area contributed by atoms with Gasteiger partial charge >= 0.3 is 6.03 Å². The number of fused-ring (bicyclic) bond motifs is 1. The van der Waals surface area contributed by atoms with Gasteiger partial charge in [-0.25, -0.2) is 9.78 Å². The second-order valence-corrected chi connectivity index (χ2v) is 4.42. The Balaban J connectivity index is 2.08. The molecule has 0 aliphatic heterocycles. The van der Waals surface area contributed by atoms with Crippen LogP contribution in [-0.4, -0.2) is 22.8 Å². The predicted molar refractivity (Wildman–Crippen MR) is 67.5 cm³/mol. The van der Waals surface area contributed by atoms with Gasteiger partial charge in [-0.3, -0.25) is 15.4 Å². The lowest BCUT2D eigenvalue weighted by Crippen LogP contribution is -2.35. The molecule has 0 radical (unpaired) electrons. The number of halogens is 1. The van der Waals surface area contributed by atoms with Gasteiger partial charge in [0.2, 0.25) is 5.91 Å². The highest BCUT2D eigenvalue weighted by Gasteiger charge is 2.09. The molecule has 17 heavy (non-hydrogen) atoms. The quantitative estimate of drug-likeness (QED) is 0.821. The summed E-state index contributed by atoms with van der Waals surface area (Å²) in [6.07, 6.45) is 0. The van der Waals surface area contributed by atoms with Crippen LogP contribution in [0.25, 0.3) is 10.2 Å². The molecule has 2 aromatic rings. The van der Waals surface area contributed by atoms with E-state index in [1.165, 1.54) is 11.3 Å². The highest BCUT2D eigenvalue weighted by molar-refractivity contribution is 7.22. The maximum Gasteiger partial charge on any atom is 0.327 e. The molecular weight excluding hydrogens is 262 g/mol. The molecule has 0 saturated carbocycles. The molecule has 0 saturated heterocycles. The largest absolute Gasteiger partial charge is 0.327 e. The molecular formula is C10H8ClN3O2S. The minimum Gasteiger partial charge on any atom is -0.283 e. The molecule has 3 amide bonds. The molecule has 2 N–H and O–H groups in total. The average Bonchev–Trinajstić information content (AvgIpc) is 2.70. The molecule has 1 aromatic carbocycles. The van der Waals surface area contributed by atoms with E-state index < -0.39 is 11.9 Å². The number of aromatic nitrogens is 1. The highest BCUT2D eigenvalue weighted by Crippen LogP contribution is 2.25. The third-order valence-electron chi connectivity index (χ3n) is 1.89. The number of urea groups is 1. The Morgan fingerprint density at radius 1 is 1.35 bits per heavy atom. The van der Waals surface area contributed by atoms with E-state index in [0.717, 1.165) is 10.2 Å². The molecule has 0 atom stereocenters. The summed E-state index contributed by atoms with van der Waals surface area (Å²) in [5, 5.41) is 4.98. The molecule has 1 heterocycles. The van der Waals surface area contributed by atoms with E-state index in [4.69, 9.17) is 11.6 Å². The smallest absolute Gasteiger partial charge is 0.283 e. The van der Waals surface area contributed by atoms with Gasteiger partial charge in [0.25, 0.3) is 0 Å². The molecule has 0 aliphatic rings. The highest BCUT2D eigenvalue weighted by atomic mass is 35.5. The fourth-order valence-electron chi connectivity index (χ4n) is 1.21. The fraction of sp³-hybridized carbons (Fsp3) is 0.100. The summed E-state index contributed by atoms with van der Waals surface area (Å²) < 4.78 is 0.964. The Hall–Kier alpha value is -1.66. The topological polar surface area (TPSA) is 71.1 Å². The number of carbonyl (C=O) groups is 2. The summed E-state index contributed by atoms with van der Waals surface area (Å²) >= 11 is 6.59. The number of hydrogen-bond acceptors (Lipinski definition) is 4. The van der Waals surface area contributed by atoms with Crippen molar-refractivity contribution in [3.63, 3.8) is 0 Å². The number of hydrogen-bond donors (Lipinski definition) is 2. The molecule has 0 aliphatic carbocycles. The predicted octanol–water partition coefficient (Wildman–Crippen LogP) is 2.18. The van der Waals surface area contributed by atoms with Crippen molar-refractivity contribution in [1.29, 1.82) is 0 Å². The fourth-order valence-corrected chi connectivity index (χ4v) is 2.14. The van der Waals surface area contributed by atoms with Crippen LogP contribution in [0.3, 0.4) is 0 Å². The van der Waals surface area contributed by atoms with Gasteiger partial charge < -0.3 is 0 Å². The van der Waals surface area contributed by atoms with Crippen molar-refractivity contribution < 1.29 is 9.59 Å². The van der Waals surface area contributed by atoms with Crippen LogP contribution in [0.1, 0.15) is 0 Å². The van der Waals surface area contributed by atoms with Gasteiger partial charge in [0.05, 0.1) is 10.2 Å². The lowest BCUT2D eigenvalue weighted by molar-refractivity contribution is -0.117. The Labute approximate surface area is 106 Å². The van der Waals surface area contributed by atoms with Crippen molar-refractivity contribution in [1.82, 2.24) is 10.3 Å².